The maximum atomic E-state index is 14.2. The number of amides is 1. The minimum atomic E-state index is -0.301. The third-order valence-electron chi connectivity index (χ3n) is 5.74. The Morgan fingerprint density at radius 3 is 2.91 bits per heavy atom. The molecular weight excluding hydrogens is 409 g/mol. The van der Waals surface area contributed by atoms with Crippen molar-refractivity contribution in [3.63, 3.8) is 0 Å². The molecule has 1 aliphatic heterocycles. The first kappa shape index (κ1) is 20.0. The summed E-state index contributed by atoms with van der Waals surface area (Å²) >= 11 is 0. The van der Waals surface area contributed by atoms with Crippen LogP contribution in [-0.2, 0) is 4.79 Å². The van der Waals surface area contributed by atoms with Crippen molar-refractivity contribution in [2.75, 3.05) is 29.9 Å². The standard InChI is InChI=1S/C23H22FN7O/c1-13-17(24)6-5-15-10-16(23(30-20(13)15)31-9-8-25-19(32)11-31)14(2)29-22-21-18(27-12-28-22)4-3-7-26-21/h3-7,10,12,14H,8-9,11H2,1-2H3,(H,25,32)(H,27,28,29). The van der Waals surface area contributed by atoms with Gasteiger partial charge in [0.2, 0.25) is 5.91 Å². The van der Waals surface area contributed by atoms with Crippen LogP contribution >= 0.6 is 0 Å². The van der Waals surface area contributed by atoms with E-state index in [4.69, 9.17) is 4.98 Å². The molecule has 4 aromatic rings. The maximum absolute atomic E-state index is 14.2. The van der Waals surface area contributed by atoms with Crippen molar-refractivity contribution in [1.82, 2.24) is 25.3 Å². The number of nitrogens with one attached hydrogen (secondary N) is 2. The number of carbonyl (C=O) groups is 1. The van der Waals surface area contributed by atoms with Crippen LogP contribution in [0.3, 0.4) is 0 Å². The Morgan fingerprint density at radius 2 is 2.06 bits per heavy atom. The van der Waals surface area contributed by atoms with Crippen molar-refractivity contribution in [2.24, 2.45) is 0 Å². The minimum absolute atomic E-state index is 0.0633. The molecule has 0 saturated carbocycles. The molecule has 1 atom stereocenters. The lowest BCUT2D eigenvalue weighted by Gasteiger charge is -2.31. The van der Waals surface area contributed by atoms with E-state index >= 15 is 0 Å². The van der Waals surface area contributed by atoms with E-state index in [9.17, 15) is 9.18 Å². The SMILES string of the molecule is Cc1c(F)ccc2cc(C(C)Nc3ncnc4cccnc34)c(N3CCNC(=O)C3)nc12. The molecule has 8 nitrogen and oxygen atoms in total. The van der Waals surface area contributed by atoms with Crippen LogP contribution in [0.5, 0.6) is 0 Å². The summed E-state index contributed by atoms with van der Waals surface area (Å²) in [6, 6.07) is 8.69. The summed E-state index contributed by atoms with van der Waals surface area (Å²) in [5.41, 5.74) is 3.39. The predicted molar refractivity (Wildman–Crippen MR) is 121 cm³/mol. The number of carbonyl (C=O) groups excluding carboxylic acids is 1. The predicted octanol–water partition coefficient (Wildman–Crippen LogP) is 3.13. The Kier molecular flexibility index (Phi) is 5.01. The smallest absolute Gasteiger partial charge is 0.239 e. The van der Waals surface area contributed by atoms with Gasteiger partial charge < -0.3 is 15.5 Å². The highest BCUT2D eigenvalue weighted by Gasteiger charge is 2.24. The van der Waals surface area contributed by atoms with E-state index in [-0.39, 0.29) is 24.3 Å². The molecule has 32 heavy (non-hydrogen) atoms. The van der Waals surface area contributed by atoms with Crippen LogP contribution in [0.4, 0.5) is 16.0 Å². The Morgan fingerprint density at radius 1 is 1.19 bits per heavy atom. The summed E-state index contributed by atoms with van der Waals surface area (Å²) in [6.07, 6.45) is 3.20. The van der Waals surface area contributed by atoms with Crippen molar-refractivity contribution in [3.8, 4) is 0 Å². The van der Waals surface area contributed by atoms with E-state index in [1.165, 1.54) is 12.4 Å². The van der Waals surface area contributed by atoms with E-state index in [1.807, 2.05) is 30.0 Å². The second-order valence-corrected chi connectivity index (χ2v) is 7.88. The fourth-order valence-corrected chi connectivity index (χ4v) is 4.04. The zero-order valence-corrected chi connectivity index (χ0v) is 17.8. The van der Waals surface area contributed by atoms with Crippen LogP contribution < -0.4 is 15.5 Å². The molecule has 0 aliphatic carbocycles. The van der Waals surface area contributed by atoms with Gasteiger partial charge >= 0.3 is 0 Å². The van der Waals surface area contributed by atoms with Gasteiger partial charge in [0, 0.05) is 35.8 Å². The number of hydrogen-bond acceptors (Lipinski definition) is 7. The molecule has 5 rings (SSSR count). The van der Waals surface area contributed by atoms with Gasteiger partial charge in [0.15, 0.2) is 5.82 Å². The highest BCUT2D eigenvalue weighted by Crippen LogP contribution is 2.33. The fourth-order valence-electron chi connectivity index (χ4n) is 4.04. The number of nitrogens with zero attached hydrogens (tertiary/aromatic N) is 5. The van der Waals surface area contributed by atoms with Crippen LogP contribution in [0.25, 0.3) is 21.9 Å². The largest absolute Gasteiger partial charge is 0.361 e. The van der Waals surface area contributed by atoms with E-state index < -0.39 is 0 Å². The molecule has 1 aromatic carbocycles. The van der Waals surface area contributed by atoms with Gasteiger partial charge in [-0.25, -0.2) is 19.3 Å². The summed E-state index contributed by atoms with van der Waals surface area (Å²) < 4.78 is 14.2. The summed E-state index contributed by atoms with van der Waals surface area (Å²) in [4.78, 5) is 31.9. The average Bonchev–Trinajstić information content (AvgIpc) is 2.81. The number of benzene rings is 1. The summed E-state index contributed by atoms with van der Waals surface area (Å²) in [6.45, 7) is 5.07. The molecule has 1 aliphatic rings. The molecule has 9 heteroatoms. The lowest BCUT2D eigenvalue weighted by atomic mass is 10.0. The molecular formula is C23H22FN7O. The topological polar surface area (TPSA) is 95.9 Å². The number of fused-ring (bicyclic) bond motifs is 2. The number of hydrogen-bond donors (Lipinski definition) is 2. The molecule has 2 N–H and O–H groups in total. The van der Waals surface area contributed by atoms with Gasteiger partial charge in [-0.15, -0.1) is 0 Å². The van der Waals surface area contributed by atoms with Gasteiger partial charge in [-0.1, -0.05) is 0 Å². The molecule has 1 saturated heterocycles. The Bertz CT molecular complexity index is 1340. The summed E-state index contributed by atoms with van der Waals surface area (Å²) in [5, 5.41) is 7.10. The van der Waals surface area contributed by atoms with Crippen molar-refractivity contribution in [3.05, 3.63) is 59.8 Å². The summed E-state index contributed by atoms with van der Waals surface area (Å²) in [5.74, 6) is 0.907. The Balaban J connectivity index is 1.61. The van der Waals surface area contributed by atoms with E-state index in [2.05, 4.69) is 25.6 Å². The van der Waals surface area contributed by atoms with Crippen molar-refractivity contribution in [2.45, 2.75) is 19.9 Å². The van der Waals surface area contributed by atoms with Crippen LogP contribution in [-0.4, -0.2) is 45.5 Å². The third kappa shape index (κ3) is 3.55. The van der Waals surface area contributed by atoms with E-state index in [1.54, 1.807) is 19.2 Å². The normalized spacial score (nSPS) is 15.1. The zero-order valence-electron chi connectivity index (χ0n) is 17.8. The minimum Gasteiger partial charge on any atom is -0.361 e. The van der Waals surface area contributed by atoms with Gasteiger partial charge in [-0.2, -0.15) is 0 Å². The van der Waals surface area contributed by atoms with Crippen LogP contribution in [0.1, 0.15) is 24.1 Å². The van der Waals surface area contributed by atoms with Crippen LogP contribution in [0.2, 0.25) is 0 Å². The number of halogens is 1. The monoisotopic (exact) mass is 431 g/mol. The highest BCUT2D eigenvalue weighted by molar-refractivity contribution is 5.88. The first-order valence-corrected chi connectivity index (χ1v) is 10.4. The quantitative estimate of drug-likeness (QED) is 0.512. The third-order valence-corrected chi connectivity index (χ3v) is 5.74. The van der Waals surface area contributed by atoms with Crippen LogP contribution in [0.15, 0.2) is 42.9 Å². The Hall–Kier alpha value is -3.88. The molecule has 0 radical (unpaired) electrons. The first-order chi connectivity index (χ1) is 15.5. The van der Waals surface area contributed by atoms with Crippen molar-refractivity contribution < 1.29 is 9.18 Å². The second kappa shape index (κ2) is 7.99. The lowest BCUT2D eigenvalue weighted by molar-refractivity contribution is -0.120. The average molecular weight is 431 g/mol. The molecule has 1 amide bonds. The number of aromatic nitrogens is 4. The van der Waals surface area contributed by atoms with Gasteiger partial charge in [-0.05, 0) is 44.2 Å². The molecule has 162 valence electrons. The lowest BCUT2D eigenvalue weighted by Crippen LogP contribution is -2.48. The summed E-state index contributed by atoms with van der Waals surface area (Å²) in [7, 11) is 0. The Labute approximate surface area is 183 Å². The highest BCUT2D eigenvalue weighted by atomic mass is 19.1. The maximum Gasteiger partial charge on any atom is 0.239 e. The first-order valence-electron chi connectivity index (χ1n) is 10.4. The van der Waals surface area contributed by atoms with E-state index in [0.717, 1.165) is 16.5 Å². The molecule has 4 heterocycles. The van der Waals surface area contributed by atoms with E-state index in [0.29, 0.717) is 41.3 Å². The second-order valence-electron chi connectivity index (χ2n) is 7.88. The van der Waals surface area contributed by atoms with Gasteiger partial charge in [0.05, 0.1) is 23.6 Å². The zero-order chi connectivity index (χ0) is 22.2. The molecule has 0 bridgehead atoms. The van der Waals surface area contributed by atoms with Crippen molar-refractivity contribution in [1.29, 1.82) is 0 Å². The number of pyridine rings is 2. The molecule has 1 unspecified atom stereocenters. The number of anilines is 2. The molecule has 0 spiro atoms. The van der Waals surface area contributed by atoms with Gasteiger partial charge in [-0.3, -0.25) is 9.78 Å². The molecule has 3 aromatic heterocycles. The number of rotatable bonds is 4. The number of aryl methyl sites for hydroxylation is 1. The number of piperazine rings is 1. The molecule has 1 fully saturated rings. The van der Waals surface area contributed by atoms with Gasteiger partial charge in [0.25, 0.3) is 0 Å². The fraction of sp³-hybridized carbons (Fsp3) is 0.261. The van der Waals surface area contributed by atoms with Crippen molar-refractivity contribution >= 4 is 39.5 Å². The van der Waals surface area contributed by atoms with Crippen LogP contribution in [0, 0.1) is 12.7 Å². The van der Waals surface area contributed by atoms with Gasteiger partial charge in [0.1, 0.15) is 23.5 Å².